The summed E-state index contributed by atoms with van der Waals surface area (Å²) in [5.41, 5.74) is 0.535. The minimum absolute atomic E-state index is 0.0398. The predicted octanol–water partition coefficient (Wildman–Crippen LogP) is 1.74. The van der Waals surface area contributed by atoms with Gasteiger partial charge >= 0.3 is 5.88 Å². The first-order chi connectivity index (χ1) is 12.5. The van der Waals surface area contributed by atoms with E-state index in [-0.39, 0.29) is 18.2 Å². The molecular weight excluding hydrogens is 342 g/mol. The molecule has 1 aliphatic rings. The molecule has 0 spiro atoms. The van der Waals surface area contributed by atoms with E-state index in [9.17, 15) is 19.7 Å². The number of fused-ring (bicyclic) bond motifs is 1. The Labute approximate surface area is 148 Å². The molecule has 0 saturated carbocycles. The third-order valence-electron chi connectivity index (χ3n) is 3.76. The lowest BCUT2D eigenvalue weighted by atomic mass is 10.1. The van der Waals surface area contributed by atoms with Crippen molar-refractivity contribution in [2.75, 3.05) is 18.5 Å². The lowest BCUT2D eigenvalue weighted by molar-refractivity contribution is -0.402. The molecule has 26 heavy (non-hydrogen) atoms. The van der Waals surface area contributed by atoms with Crippen molar-refractivity contribution >= 4 is 29.5 Å². The fourth-order valence-corrected chi connectivity index (χ4v) is 2.51. The van der Waals surface area contributed by atoms with Crippen molar-refractivity contribution in [3.8, 4) is 5.75 Å². The Morgan fingerprint density at radius 2 is 2.08 bits per heavy atom. The third-order valence-corrected chi connectivity index (χ3v) is 3.76. The van der Waals surface area contributed by atoms with Crippen LogP contribution in [-0.4, -0.2) is 36.4 Å². The minimum atomic E-state index is -0.836. The number of hydrogen-bond acceptors (Lipinski definition) is 6. The highest BCUT2D eigenvalue weighted by Crippen LogP contribution is 2.33. The van der Waals surface area contributed by atoms with Crippen LogP contribution in [-0.2, 0) is 9.59 Å². The Morgan fingerprint density at radius 3 is 2.77 bits per heavy atom. The first-order valence-electron chi connectivity index (χ1n) is 7.70. The third kappa shape index (κ3) is 3.41. The maximum atomic E-state index is 12.6. The second kappa shape index (κ2) is 7.09. The van der Waals surface area contributed by atoms with Crippen LogP contribution in [0.2, 0.25) is 0 Å². The van der Waals surface area contributed by atoms with Crippen LogP contribution in [0.25, 0.3) is 6.08 Å². The Morgan fingerprint density at radius 1 is 1.31 bits per heavy atom. The van der Waals surface area contributed by atoms with Crippen LogP contribution in [0, 0.1) is 10.1 Å². The number of hydrogen-bond donors (Lipinski definition) is 1. The number of amides is 2. The van der Waals surface area contributed by atoms with Crippen LogP contribution in [0.1, 0.15) is 5.76 Å². The number of ether oxygens (including phenoxy) is 1. The van der Waals surface area contributed by atoms with Gasteiger partial charge in [-0.15, -0.1) is 0 Å². The average molecular weight is 357 g/mol. The Kier molecular flexibility index (Phi) is 4.70. The zero-order valence-electron chi connectivity index (χ0n) is 13.7. The van der Waals surface area contributed by atoms with Crippen LogP contribution in [0.15, 0.2) is 46.9 Å². The number of carbonyl (C=O) groups excluding carboxylic acids is 2. The number of nitro groups is 1. The number of benzene rings is 1. The highest BCUT2D eigenvalue weighted by atomic mass is 16.6. The van der Waals surface area contributed by atoms with Crippen molar-refractivity contribution in [3.63, 3.8) is 0 Å². The van der Waals surface area contributed by atoms with E-state index in [0.717, 1.165) is 0 Å². The smallest absolute Gasteiger partial charge is 0.433 e. The highest BCUT2D eigenvalue weighted by molar-refractivity contribution is 6.05. The standard InChI is InChI=1S/C17H15N3O6/c1-18-17(22)14-10-19(12-4-2-3-5-13(12)26-14)15(21)8-6-11-7-9-16(25-11)20(23)24/h2-9,14H,10H2,1H3,(H,18,22)/b8-6+/t14-/m0/s1. The monoisotopic (exact) mass is 357 g/mol. The molecule has 1 aromatic heterocycles. The summed E-state index contributed by atoms with van der Waals surface area (Å²) in [5.74, 6) is -0.567. The fourth-order valence-electron chi connectivity index (χ4n) is 2.51. The van der Waals surface area contributed by atoms with E-state index in [2.05, 4.69) is 5.32 Å². The molecule has 2 amide bonds. The van der Waals surface area contributed by atoms with Crippen LogP contribution in [0.4, 0.5) is 11.6 Å². The predicted molar refractivity (Wildman–Crippen MR) is 91.7 cm³/mol. The van der Waals surface area contributed by atoms with Gasteiger partial charge in [0.2, 0.25) is 0 Å². The van der Waals surface area contributed by atoms with E-state index >= 15 is 0 Å². The second-order valence-corrected chi connectivity index (χ2v) is 5.40. The van der Waals surface area contributed by atoms with E-state index in [1.54, 1.807) is 24.3 Å². The Balaban J connectivity index is 1.83. The summed E-state index contributed by atoms with van der Waals surface area (Å²) < 4.78 is 10.6. The lowest BCUT2D eigenvalue weighted by Crippen LogP contribution is -2.49. The second-order valence-electron chi connectivity index (χ2n) is 5.40. The number of carbonyl (C=O) groups is 2. The van der Waals surface area contributed by atoms with Gasteiger partial charge in [-0.1, -0.05) is 12.1 Å². The normalized spacial score (nSPS) is 16.0. The molecule has 0 radical (unpaired) electrons. The first kappa shape index (κ1) is 17.2. The molecule has 0 unspecified atom stereocenters. The van der Waals surface area contributed by atoms with Gasteiger partial charge in [0.25, 0.3) is 11.8 Å². The maximum Gasteiger partial charge on any atom is 0.433 e. The number of anilines is 1. The van der Waals surface area contributed by atoms with Gasteiger partial charge in [0.15, 0.2) is 6.10 Å². The fraction of sp³-hybridized carbons (Fsp3) is 0.176. The zero-order valence-corrected chi connectivity index (χ0v) is 13.7. The molecule has 0 bridgehead atoms. The SMILES string of the molecule is CNC(=O)[C@@H]1CN(C(=O)/C=C/c2ccc([N+](=O)[O-])o2)c2ccccc2O1. The molecule has 1 atom stereocenters. The van der Waals surface area contributed by atoms with Gasteiger partial charge in [-0.3, -0.25) is 19.7 Å². The lowest BCUT2D eigenvalue weighted by Gasteiger charge is -2.33. The molecule has 1 aliphatic heterocycles. The summed E-state index contributed by atoms with van der Waals surface area (Å²) in [6.07, 6.45) is 1.73. The maximum absolute atomic E-state index is 12.6. The average Bonchev–Trinajstić information content (AvgIpc) is 3.14. The molecule has 9 heteroatoms. The van der Waals surface area contributed by atoms with Crippen molar-refractivity contribution in [1.29, 1.82) is 0 Å². The van der Waals surface area contributed by atoms with Crippen molar-refractivity contribution in [1.82, 2.24) is 5.32 Å². The number of furan rings is 1. The molecule has 1 aromatic carbocycles. The van der Waals surface area contributed by atoms with Crippen molar-refractivity contribution in [3.05, 3.63) is 58.3 Å². The van der Waals surface area contributed by atoms with Crippen LogP contribution >= 0.6 is 0 Å². The number of likely N-dealkylation sites (N-methyl/N-ethyl adjacent to an activating group) is 1. The van der Waals surface area contributed by atoms with Gasteiger partial charge < -0.3 is 19.4 Å². The molecule has 2 aromatic rings. The minimum Gasteiger partial charge on any atom is -0.477 e. The largest absolute Gasteiger partial charge is 0.477 e. The quantitative estimate of drug-likeness (QED) is 0.506. The van der Waals surface area contributed by atoms with E-state index < -0.39 is 22.8 Å². The first-order valence-corrected chi connectivity index (χ1v) is 7.70. The molecule has 9 nitrogen and oxygen atoms in total. The Hall–Kier alpha value is -3.62. The van der Waals surface area contributed by atoms with Gasteiger partial charge in [-0.05, 0) is 24.3 Å². The summed E-state index contributed by atoms with van der Waals surface area (Å²) >= 11 is 0. The molecule has 134 valence electrons. The summed E-state index contributed by atoms with van der Waals surface area (Å²) in [6.45, 7) is 0.0398. The zero-order chi connectivity index (χ0) is 18.7. The summed E-state index contributed by atoms with van der Waals surface area (Å²) in [5, 5.41) is 13.1. The van der Waals surface area contributed by atoms with E-state index in [1.807, 2.05) is 0 Å². The van der Waals surface area contributed by atoms with Crippen LogP contribution in [0.5, 0.6) is 5.75 Å². The van der Waals surface area contributed by atoms with Gasteiger partial charge in [0.05, 0.1) is 18.3 Å². The number of nitrogens with zero attached hydrogens (tertiary/aromatic N) is 2. The summed E-state index contributed by atoms with van der Waals surface area (Å²) in [7, 11) is 1.49. The number of rotatable bonds is 4. The number of nitrogens with one attached hydrogen (secondary N) is 1. The Bertz CT molecular complexity index is 888. The molecule has 2 heterocycles. The summed E-state index contributed by atoms with van der Waals surface area (Å²) in [4.78, 5) is 35.9. The molecule has 0 fully saturated rings. The van der Waals surface area contributed by atoms with E-state index in [1.165, 1.54) is 36.2 Å². The van der Waals surface area contributed by atoms with Crippen LogP contribution < -0.4 is 15.0 Å². The van der Waals surface area contributed by atoms with Crippen molar-refractivity contribution in [2.45, 2.75) is 6.10 Å². The van der Waals surface area contributed by atoms with Gasteiger partial charge in [0.1, 0.15) is 16.4 Å². The van der Waals surface area contributed by atoms with Gasteiger partial charge in [0, 0.05) is 13.1 Å². The van der Waals surface area contributed by atoms with Crippen LogP contribution in [0.3, 0.4) is 0 Å². The molecule has 1 N–H and O–H groups in total. The molecular formula is C17H15N3O6. The van der Waals surface area contributed by atoms with Gasteiger partial charge in [-0.25, -0.2) is 0 Å². The summed E-state index contributed by atoms with van der Waals surface area (Å²) in [6, 6.07) is 9.47. The van der Waals surface area contributed by atoms with E-state index in [0.29, 0.717) is 11.4 Å². The molecule has 0 aliphatic carbocycles. The van der Waals surface area contributed by atoms with Crippen molar-refractivity contribution < 1.29 is 23.7 Å². The topological polar surface area (TPSA) is 115 Å². The number of para-hydroxylation sites is 2. The van der Waals surface area contributed by atoms with E-state index in [4.69, 9.17) is 9.15 Å². The van der Waals surface area contributed by atoms with Gasteiger partial charge in [-0.2, -0.15) is 0 Å². The van der Waals surface area contributed by atoms with Crippen molar-refractivity contribution in [2.24, 2.45) is 0 Å². The molecule has 3 rings (SSSR count). The highest BCUT2D eigenvalue weighted by Gasteiger charge is 2.32. The molecule has 0 saturated heterocycles.